The Hall–Kier alpha value is -0.900. The van der Waals surface area contributed by atoms with E-state index in [1.807, 2.05) is 0 Å². The minimum absolute atomic E-state index is 0.220. The van der Waals surface area contributed by atoms with Gasteiger partial charge in [0.2, 0.25) is 0 Å². The Morgan fingerprint density at radius 3 is 2.78 bits per heavy atom. The Morgan fingerprint density at radius 2 is 2.11 bits per heavy atom. The molecule has 1 aromatic rings. The molecule has 100 valence electrons. The molecular weight excluding hydrogens is 226 g/mol. The number of hydrogen-bond acceptors (Lipinski definition) is 3. The maximum absolute atomic E-state index is 6.09. The predicted octanol–water partition coefficient (Wildman–Crippen LogP) is 2.39. The summed E-state index contributed by atoms with van der Waals surface area (Å²) in [5.74, 6) is 0.593. The van der Waals surface area contributed by atoms with Gasteiger partial charge in [0.05, 0.1) is 6.10 Å². The Morgan fingerprint density at radius 1 is 1.28 bits per heavy atom. The van der Waals surface area contributed by atoms with Gasteiger partial charge >= 0.3 is 0 Å². The minimum Gasteiger partial charge on any atom is -0.385 e. The lowest BCUT2D eigenvalue weighted by Gasteiger charge is -2.24. The third-order valence-corrected chi connectivity index (χ3v) is 3.44. The number of ether oxygens (including phenoxy) is 2. The molecule has 1 heterocycles. The molecule has 1 aromatic carbocycles. The molecular formula is C15H23NO2. The third-order valence-electron chi connectivity index (χ3n) is 3.44. The van der Waals surface area contributed by atoms with Crippen molar-refractivity contribution in [1.29, 1.82) is 0 Å². The lowest BCUT2D eigenvalue weighted by molar-refractivity contribution is 0.00673. The van der Waals surface area contributed by atoms with E-state index in [-0.39, 0.29) is 6.10 Å². The summed E-state index contributed by atoms with van der Waals surface area (Å²) < 4.78 is 11.2. The molecule has 18 heavy (non-hydrogen) atoms. The summed E-state index contributed by atoms with van der Waals surface area (Å²) in [6, 6.07) is 10.6. The molecule has 2 rings (SSSR count). The van der Waals surface area contributed by atoms with Gasteiger partial charge in [0, 0.05) is 32.8 Å². The molecule has 1 aliphatic rings. The highest BCUT2D eigenvalue weighted by Crippen LogP contribution is 2.30. The number of methoxy groups -OCH3 is 1. The molecule has 0 saturated carbocycles. The summed E-state index contributed by atoms with van der Waals surface area (Å²) in [4.78, 5) is 0. The van der Waals surface area contributed by atoms with Crippen molar-refractivity contribution in [3.63, 3.8) is 0 Å². The molecule has 2 atom stereocenters. The second-order valence-corrected chi connectivity index (χ2v) is 4.80. The second-order valence-electron chi connectivity index (χ2n) is 4.80. The van der Waals surface area contributed by atoms with Gasteiger partial charge < -0.3 is 14.8 Å². The van der Waals surface area contributed by atoms with Crippen LogP contribution in [0.25, 0.3) is 0 Å². The van der Waals surface area contributed by atoms with Gasteiger partial charge in [-0.05, 0) is 24.9 Å². The molecule has 1 saturated heterocycles. The summed E-state index contributed by atoms with van der Waals surface area (Å²) in [5, 5.41) is 3.42. The monoisotopic (exact) mass is 249 g/mol. The van der Waals surface area contributed by atoms with Crippen LogP contribution in [0.15, 0.2) is 30.3 Å². The predicted molar refractivity (Wildman–Crippen MR) is 72.6 cm³/mol. The summed E-state index contributed by atoms with van der Waals surface area (Å²) in [6.45, 7) is 3.70. The highest BCUT2D eigenvalue weighted by Gasteiger charge is 2.26. The number of benzene rings is 1. The van der Waals surface area contributed by atoms with Crippen molar-refractivity contribution in [1.82, 2.24) is 5.32 Å². The topological polar surface area (TPSA) is 30.5 Å². The average molecular weight is 249 g/mol. The zero-order valence-electron chi connectivity index (χ0n) is 11.1. The zero-order valence-corrected chi connectivity index (χ0v) is 11.1. The smallest absolute Gasteiger partial charge is 0.0865 e. The van der Waals surface area contributed by atoms with Gasteiger partial charge in [0.15, 0.2) is 0 Å². The lowest BCUT2D eigenvalue weighted by atomic mass is 9.95. The molecule has 0 aliphatic carbocycles. The summed E-state index contributed by atoms with van der Waals surface area (Å²) in [6.07, 6.45) is 2.38. The Kier molecular flexibility index (Phi) is 5.65. The van der Waals surface area contributed by atoms with Gasteiger partial charge in [-0.2, -0.15) is 0 Å². The van der Waals surface area contributed by atoms with E-state index in [0.29, 0.717) is 5.92 Å². The van der Waals surface area contributed by atoms with Gasteiger partial charge in [0.25, 0.3) is 0 Å². The van der Waals surface area contributed by atoms with Gasteiger partial charge in [-0.15, -0.1) is 0 Å². The van der Waals surface area contributed by atoms with E-state index in [1.54, 1.807) is 7.11 Å². The first-order valence-corrected chi connectivity index (χ1v) is 6.78. The van der Waals surface area contributed by atoms with Crippen LogP contribution < -0.4 is 5.32 Å². The van der Waals surface area contributed by atoms with Gasteiger partial charge in [-0.3, -0.25) is 0 Å². The fourth-order valence-electron chi connectivity index (χ4n) is 2.50. The summed E-state index contributed by atoms with van der Waals surface area (Å²) in [7, 11) is 1.73. The molecule has 1 fully saturated rings. The van der Waals surface area contributed by atoms with E-state index in [1.165, 1.54) is 12.0 Å². The van der Waals surface area contributed by atoms with Crippen molar-refractivity contribution in [2.45, 2.75) is 18.9 Å². The van der Waals surface area contributed by atoms with Crippen LogP contribution in [-0.2, 0) is 9.47 Å². The van der Waals surface area contributed by atoms with E-state index in [4.69, 9.17) is 9.47 Å². The van der Waals surface area contributed by atoms with Gasteiger partial charge in [0.1, 0.15) is 0 Å². The first-order valence-electron chi connectivity index (χ1n) is 6.78. The van der Waals surface area contributed by atoms with Crippen molar-refractivity contribution < 1.29 is 9.47 Å². The van der Waals surface area contributed by atoms with Crippen molar-refractivity contribution in [2.24, 2.45) is 5.92 Å². The van der Waals surface area contributed by atoms with Crippen LogP contribution in [0, 0.1) is 5.92 Å². The number of hydrogen-bond donors (Lipinski definition) is 1. The quantitative estimate of drug-likeness (QED) is 0.753. The number of nitrogens with one attached hydrogen (secondary N) is 1. The van der Waals surface area contributed by atoms with Crippen LogP contribution in [-0.4, -0.2) is 33.4 Å². The van der Waals surface area contributed by atoms with Crippen molar-refractivity contribution in [3.05, 3.63) is 35.9 Å². The SMILES string of the molecule is COCCCOC(c1ccccc1)C1CCNC1. The third kappa shape index (κ3) is 3.80. The van der Waals surface area contributed by atoms with Crippen LogP contribution in [0.5, 0.6) is 0 Å². The Bertz CT molecular complexity index is 323. The average Bonchev–Trinajstić information content (AvgIpc) is 2.94. The fourth-order valence-corrected chi connectivity index (χ4v) is 2.50. The maximum Gasteiger partial charge on any atom is 0.0865 e. The Balaban J connectivity index is 1.94. The van der Waals surface area contributed by atoms with E-state index in [0.717, 1.165) is 32.7 Å². The summed E-state index contributed by atoms with van der Waals surface area (Å²) >= 11 is 0. The largest absolute Gasteiger partial charge is 0.385 e. The van der Waals surface area contributed by atoms with Crippen LogP contribution in [0.3, 0.4) is 0 Å². The van der Waals surface area contributed by atoms with Crippen molar-refractivity contribution in [3.8, 4) is 0 Å². The van der Waals surface area contributed by atoms with Crippen LogP contribution >= 0.6 is 0 Å². The Labute approximate surface area is 109 Å². The van der Waals surface area contributed by atoms with E-state index in [9.17, 15) is 0 Å². The molecule has 0 spiro atoms. The van der Waals surface area contributed by atoms with Gasteiger partial charge in [-0.1, -0.05) is 30.3 Å². The van der Waals surface area contributed by atoms with Gasteiger partial charge in [-0.25, -0.2) is 0 Å². The first kappa shape index (κ1) is 13.5. The molecule has 1 N–H and O–H groups in total. The second kappa shape index (κ2) is 7.52. The molecule has 3 heteroatoms. The maximum atomic E-state index is 6.09. The molecule has 0 amide bonds. The van der Waals surface area contributed by atoms with Crippen molar-refractivity contribution in [2.75, 3.05) is 33.4 Å². The molecule has 0 aromatic heterocycles. The molecule has 1 aliphatic heterocycles. The van der Waals surface area contributed by atoms with Crippen LogP contribution in [0.2, 0.25) is 0 Å². The zero-order chi connectivity index (χ0) is 12.6. The highest BCUT2D eigenvalue weighted by molar-refractivity contribution is 5.18. The standard InChI is InChI=1S/C15H23NO2/c1-17-10-5-11-18-15(14-8-9-16-12-14)13-6-3-2-4-7-13/h2-4,6-7,14-16H,5,8-12H2,1H3. The molecule has 0 radical (unpaired) electrons. The number of rotatable bonds is 7. The summed E-state index contributed by atoms with van der Waals surface area (Å²) in [5.41, 5.74) is 1.30. The normalized spacial score (nSPS) is 21.1. The van der Waals surface area contributed by atoms with E-state index >= 15 is 0 Å². The molecule has 3 nitrogen and oxygen atoms in total. The van der Waals surface area contributed by atoms with E-state index < -0.39 is 0 Å². The highest BCUT2D eigenvalue weighted by atomic mass is 16.5. The lowest BCUT2D eigenvalue weighted by Crippen LogP contribution is -2.20. The van der Waals surface area contributed by atoms with Crippen LogP contribution in [0.4, 0.5) is 0 Å². The van der Waals surface area contributed by atoms with E-state index in [2.05, 4.69) is 35.6 Å². The fraction of sp³-hybridized carbons (Fsp3) is 0.600. The minimum atomic E-state index is 0.220. The van der Waals surface area contributed by atoms with Crippen molar-refractivity contribution >= 4 is 0 Å². The first-order chi connectivity index (χ1) is 8.92. The van der Waals surface area contributed by atoms with Crippen LogP contribution in [0.1, 0.15) is 24.5 Å². The molecule has 0 bridgehead atoms. The molecule has 2 unspecified atom stereocenters.